The van der Waals surface area contributed by atoms with E-state index in [1.54, 1.807) is 64.1 Å². The van der Waals surface area contributed by atoms with E-state index in [1.807, 2.05) is 6.92 Å². The molecule has 37 heavy (non-hydrogen) atoms. The number of carbonyl (C=O) groups is 2. The predicted octanol–water partition coefficient (Wildman–Crippen LogP) is 4.71. The molecule has 0 aliphatic heterocycles. The molecule has 0 radical (unpaired) electrons. The van der Waals surface area contributed by atoms with Crippen LogP contribution in [0.3, 0.4) is 0 Å². The van der Waals surface area contributed by atoms with Gasteiger partial charge in [-0.2, -0.15) is 0 Å². The summed E-state index contributed by atoms with van der Waals surface area (Å²) in [6.07, 6.45) is -0.810. The molecule has 0 heterocycles. The first kappa shape index (κ1) is 29.6. The Morgan fingerprint density at radius 1 is 0.784 bits per heavy atom. The van der Waals surface area contributed by atoms with Gasteiger partial charge in [-0.05, 0) is 46.2 Å². The predicted molar refractivity (Wildman–Crippen MR) is 140 cm³/mol. The minimum Gasteiger partial charge on any atom is -0.490 e. The molecule has 0 spiro atoms. The molecule has 0 aliphatic carbocycles. The van der Waals surface area contributed by atoms with E-state index in [9.17, 15) is 19.8 Å². The molecular formula is C29H36O8. The van der Waals surface area contributed by atoms with E-state index in [2.05, 4.69) is 13.2 Å². The lowest BCUT2D eigenvalue weighted by molar-refractivity contribution is -0.130. The summed E-state index contributed by atoms with van der Waals surface area (Å²) in [6.45, 7) is 15.6. The van der Waals surface area contributed by atoms with Crippen LogP contribution in [-0.2, 0) is 9.59 Å². The average molecular weight is 513 g/mol. The maximum Gasteiger partial charge on any atom is 0.338 e. The van der Waals surface area contributed by atoms with Gasteiger partial charge in [0.05, 0.1) is 12.2 Å². The third kappa shape index (κ3) is 8.77. The molecule has 0 fully saturated rings. The fraction of sp³-hybridized carbons (Fsp3) is 0.379. The van der Waals surface area contributed by atoms with Crippen molar-refractivity contribution in [3.63, 3.8) is 0 Å². The van der Waals surface area contributed by atoms with E-state index in [0.29, 0.717) is 17.9 Å². The van der Waals surface area contributed by atoms with Crippen LogP contribution < -0.4 is 18.9 Å². The number of ether oxygens (including phenoxy) is 4. The average Bonchev–Trinajstić information content (AvgIpc) is 2.83. The monoisotopic (exact) mass is 512 g/mol. The minimum absolute atomic E-state index is 0.0303. The first-order chi connectivity index (χ1) is 17.4. The Bertz CT molecular complexity index is 1050. The van der Waals surface area contributed by atoms with E-state index in [-0.39, 0.29) is 41.8 Å². The summed E-state index contributed by atoms with van der Waals surface area (Å²) >= 11 is 0. The maximum atomic E-state index is 12.0. The van der Waals surface area contributed by atoms with Crippen molar-refractivity contribution in [3.05, 3.63) is 71.8 Å². The number of carbonyl (C=O) groups excluding carboxylic acids is 2. The lowest BCUT2D eigenvalue weighted by Gasteiger charge is -2.24. The van der Waals surface area contributed by atoms with Crippen LogP contribution in [0.4, 0.5) is 0 Å². The summed E-state index contributed by atoms with van der Waals surface area (Å²) < 4.78 is 22.5. The fourth-order valence-electron chi connectivity index (χ4n) is 3.40. The summed E-state index contributed by atoms with van der Waals surface area (Å²) in [5.41, 5.74) is 2.06. The summed E-state index contributed by atoms with van der Waals surface area (Å²) in [5.74, 6) is 0.0486. The second-order valence-corrected chi connectivity index (χ2v) is 9.02. The molecule has 0 amide bonds. The smallest absolute Gasteiger partial charge is 0.338 e. The molecule has 0 aliphatic rings. The molecule has 0 aromatic heterocycles. The molecule has 8 heteroatoms. The van der Waals surface area contributed by atoms with Crippen LogP contribution in [0, 0.1) is 0 Å². The van der Waals surface area contributed by atoms with E-state index >= 15 is 0 Å². The van der Waals surface area contributed by atoms with E-state index in [0.717, 1.165) is 11.1 Å². The van der Waals surface area contributed by atoms with Gasteiger partial charge in [0.15, 0.2) is 0 Å². The van der Waals surface area contributed by atoms with Gasteiger partial charge in [-0.25, -0.2) is 9.59 Å². The van der Waals surface area contributed by atoms with Crippen molar-refractivity contribution in [2.75, 3.05) is 13.2 Å². The molecular weight excluding hydrogens is 476 g/mol. The highest BCUT2D eigenvalue weighted by Crippen LogP contribution is 2.41. The molecule has 2 rings (SSSR count). The van der Waals surface area contributed by atoms with Gasteiger partial charge in [-0.15, -0.1) is 0 Å². The Balaban J connectivity index is 2.55. The summed E-state index contributed by atoms with van der Waals surface area (Å²) in [6, 6.07) is 10.1. The van der Waals surface area contributed by atoms with Crippen LogP contribution >= 0.6 is 0 Å². The zero-order valence-electron chi connectivity index (χ0n) is 22.1. The number of benzene rings is 2. The fourth-order valence-corrected chi connectivity index (χ4v) is 3.40. The second kappa shape index (κ2) is 13.6. The van der Waals surface area contributed by atoms with Crippen molar-refractivity contribution in [2.45, 2.75) is 59.2 Å². The third-order valence-electron chi connectivity index (χ3n) is 5.21. The molecule has 0 saturated carbocycles. The number of rotatable bonds is 13. The van der Waals surface area contributed by atoms with Gasteiger partial charge in [0.2, 0.25) is 0 Å². The van der Waals surface area contributed by atoms with Crippen LogP contribution in [0.5, 0.6) is 23.0 Å². The van der Waals surface area contributed by atoms with E-state index in [1.165, 1.54) is 0 Å². The molecule has 0 bridgehead atoms. The van der Waals surface area contributed by atoms with Gasteiger partial charge in [-0.1, -0.05) is 32.2 Å². The largest absolute Gasteiger partial charge is 0.490 e. The van der Waals surface area contributed by atoms with Crippen LogP contribution in [0.25, 0.3) is 0 Å². The minimum atomic E-state index is -0.721. The first-order valence-electron chi connectivity index (χ1n) is 12.1. The standard InChI is InChI=1S/C29H36O8/c1-8-23(24-11-9-21(36-28(32)17(2)3)13-26(24)34-15-19(6)30)25-12-10-22(37-29(33)18(4)5)14-27(25)35-16-20(7)31/h9-14,19-20,23,30-31H,2,4,8,15-16H2,1,3,5-7H3. The Morgan fingerprint density at radius 3 is 1.46 bits per heavy atom. The Kier molecular flexibility index (Phi) is 10.9. The molecule has 2 atom stereocenters. The van der Waals surface area contributed by atoms with Crippen molar-refractivity contribution in [1.29, 1.82) is 0 Å². The van der Waals surface area contributed by atoms with Gasteiger partial charge < -0.3 is 29.2 Å². The van der Waals surface area contributed by atoms with Crippen molar-refractivity contribution >= 4 is 11.9 Å². The normalized spacial score (nSPS) is 13.2. The van der Waals surface area contributed by atoms with Crippen LogP contribution in [0.15, 0.2) is 60.7 Å². The van der Waals surface area contributed by atoms with Gasteiger partial charge in [-0.3, -0.25) is 0 Å². The maximum absolute atomic E-state index is 12.0. The van der Waals surface area contributed by atoms with Crippen molar-refractivity contribution in [2.24, 2.45) is 0 Å². The number of hydrogen-bond donors (Lipinski definition) is 2. The summed E-state index contributed by atoms with van der Waals surface area (Å²) in [7, 11) is 0. The number of aliphatic hydroxyl groups excluding tert-OH is 2. The van der Waals surface area contributed by atoms with E-state index < -0.39 is 24.1 Å². The number of hydrogen-bond acceptors (Lipinski definition) is 8. The van der Waals surface area contributed by atoms with Crippen molar-refractivity contribution in [1.82, 2.24) is 0 Å². The quantitative estimate of drug-likeness (QED) is 0.225. The topological polar surface area (TPSA) is 112 Å². The zero-order valence-corrected chi connectivity index (χ0v) is 22.1. The molecule has 2 unspecified atom stereocenters. The Morgan fingerprint density at radius 2 is 1.16 bits per heavy atom. The highest BCUT2D eigenvalue weighted by Gasteiger charge is 2.23. The van der Waals surface area contributed by atoms with Gasteiger partial charge in [0.1, 0.15) is 36.2 Å². The summed E-state index contributed by atoms with van der Waals surface area (Å²) in [4.78, 5) is 24.1. The molecule has 8 nitrogen and oxygen atoms in total. The molecule has 2 aromatic carbocycles. The van der Waals surface area contributed by atoms with E-state index in [4.69, 9.17) is 18.9 Å². The highest BCUT2D eigenvalue weighted by molar-refractivity contribution is 5.89. The second-order valence-electron chi connectivity index (χ2n) is 9.02. The zero-order chi connectivity index (χ0) is 27.7. The molecule has 200 valence electrons. The first-order valence-corrected chi connectivity index (χ1v) is 12.1. The Hall–Kier alpha value is -3.62. The van der Waals surface area contributed by atoms with Gasteiger partial charge in [0.25, 0.3) is 0 Å². The van der Waals surface area contributed by atoms with Crippen molar-refractivity contribution < 1.29 is 38.7 Å². The highest BCUT2D eigenvalue weighted by atomic mass is 16.5. The number of aliphatic hydroxyl groups is 2. The van der Waals surface area contributed by atoms with Crippen LogP contribution in [0.1, 0.15) is 58.1 Å². The van der Waals surface area contributed by atoms with Crippen molar-refractivity contribution in [3.8, 4) is 23.0 Å². The van der Waals surface area contributed by atoms with Crippen LogP contribution in [0.2, 0.25) is 0 Å². The lowest BCUT2D eigenvalue weighted by atomic mass is 9.87. The SMILES string of the molecule is C=C(C)C(=O)Oc1ccc(C(CC)c2ccc(OC(=O)C(=C)C)cc2OCC(C)O)c(OCC(C)O)c1. The Labute approximate surface area is 218 Å². The third-order valence-corrected chi connectivity index (χ3v) is 5.21. The van der Waals surface area contributed by atoms with Gasteiger partial charge >= 0.3 is 11.9 Å². The molecule has 0 saturated heterocycles. The number of esters is 2. The summed E-state index contributed by atoms with van der Waals surface area (Å²) in [5, 5.41) is 19.6. The van der Waals surface area contributed by atoms with Gasteiger partial charge in [0, 0.05) is 40.3 Å². The molecule has 2 N–H and O–H groups in total. The molecule has 2 aromatic rings. The lowest BCUT2D eigenvalue weighted by Crippen LogP contribution is -2.16. The van der Waals surface area contributed by atoms with Crippen LogP contribution in [-0.4, -0.2) is 47.6 Å².